The highest BCUT2D eigenvalue weighted by Crippen LogP contribution is 2.43. The second-order valence-electron chi connectivity index (χ2n) is 6.87. The van der Waals surface area contributed by atoms with E-state index < -0.39 is 5.60 Å². The van der Waals surface area contributed by atoms with Gasteiger partial charge in [0.15, 0.2) is 0 Å². The Morgan fingerprint density at radius 3 is 2.48 bits per heavy atom. The SMILES string of the molecule is C[C@H]1C[C@@]1(COCc1ccccc1)NC(=O)OC(C)(C)C. The van der Waals surface area contributed by atoms with Crippen molar-refractivity contribution in [1.82, 2.24) is 5.32 Å². The van der Waals surface area contributed by atoms with Crippen LogP contribution in [0.15, 0.2) is 30.3 Å². The van der Waals surface area contributed by atoms with Gasteiger partial charge in [-0.3, -0.25) is 0 Å². The van der Waals surface area contributed by atoms with Gasteiger partial charge in [0.1, 0.15) is 5.60 Å². The number of carbonyl (C=O) groups is 1. The van der Waals surface area contributed by atoms with Gasteiger partial charge in [0.05, 0.1) is 18.8 Å². The predicted molar refractivity (Wildman–Crippen MR) is 82.0 cm³/mol. The number of ether oxygens (including phenoxy) is 2. The Hall–Kier alpha value is -1.55. The van der Waals surface area contributed by atoms with E-state index in [-0.39, 0.29) is 11.6 Å². The van der Waals surface area contributed by atoms with E-state index in [1.54, 1.807) is 0 Å². The van der Waals surface area contributed by atoms with Crippen LogP contribution in [0.3, 0.4) is 0 Å². The molecule has 1 amide bonds. The van der Waals surface area contributed by atoms with Gasteiger partial charge in [-0.05, 0) is 38.7 Å². The summed E-state index contributed by atoms with van der Waals surface area (Å²) in [5.41, 5.74) is 0.393. The van der Waals surface area contributed by atoms with Crippen LogP contribution in [-0.2, 0) is 16.1 Å². The zero-order chi connectivity index (χ0) is 15.5. The lowest BCUT2D eigenvalue weighted by molar-refractivity contribution is 0.0390. The summed E-state index contributed by atoms with van der Waals surface area (Å²) in [5.74, 6) is 0.417. The van der Waals surface area contributed by atoms with E-state index in [1.165, 1.54) is 0 Å². The molecule has 4 nitrogen and oxygen atoms in total. The Morgan fingerprint density at radius 1 is 1.33 bits per heavy atom. The molecule has 1 aromatic rings. The lowest BCUT2D eigenvalue weighted by Gasteiger charge is -2.24. The monoisotopic (exact) mass is 291 g/mol. The predicted octanol–water partition coefficient (Wildman–Crippen LogP) is 3.51. The van der Waals surface area contributed by atoms with Gasteiger partial charge in [-0.15, -0.1) is 0 Å². The van der Waals surface area contributed by atoms with Crippen molar-refractivity contribution in [2.24, 2.45) is 5.92 Å². The van der Waals surface area contributed by atoms with Crippen LogP contribution in [-0.4, -0.2) is 23.8 Å². The fourth-order valence-electron chi connectivity index (χ4n) is 2.33. The summed E-state index contributed by atoms with van der Waals surface area (Å²) in [4.78, 5) is 11.9. The maximum Gasteiger partial charge on any atom is 0.408 e. The smallest absolute Gasteiger partial charge is 0.408 e. The van der Waals surface area contributed by atoms with Crippen molar-refractivity contribution in [3.8, 4) is 0 Å². The van der Waals surface area contributed by atoms with Crippen molar-refractivity contribution in [3.05, 3.63) is 35.9 Å². The first kappa shape index (κ1) is 15.8. The van der Waals surface area contributed by atoms with E-state index in [1.807, 2.05) is 51.1 Å². The standard InChI is InChI=1S/C17H25NO3/c1-13-10-17(13,18-15(19)21-16(2,3)4)12-20-11-14-8-6-5-7-9-14/h5-9,13H,10-12H2,1-4H3,(H,18,19)/t13-,17-/m0/s1. The van der Waals surface area contributed by atoms with Crippen molar-refractivity contribution in [3.63, 3.8) is 0 Å². The van der Waals surface area contributed by atoms with E-state index >= 15 is 0 Å². The van der Waals surface area contributed by atoms with E-state index in [0.29, 0.717) is 19.1 Å². The van der Waals surface area contributed by atoms with Crippen LogP contribution in [0.5, 0.6) is 0 Å². The molecule has 1 aliphatic carbocycles. The van der Waals surface area contributed by atoms with E-state index in [4.69, 9.17) is 9.47 Å². The summed E-state index contributed by atoms with van der Waals surface area (Å²) in [6, 6.07) is 10.0. The van der Waals surface area contributed by atoms with Crippen molar-refractivity contribution in [1.29, 1.82) is 0 Å². The van der Waals surface area contributed by atoms with Crippen molar-refractivity contribution in [2.75, 3.05) is 6.61 Å². The summed E-state index contributed by atoms with van der Waals surface area (Å²) >= 11 is 0. The highest BCUT2D eigenvalue weighted by Gasteiger charge is 2.53. The first-order valence-electron chi connectivity index (χ1n) is 7.44. The largest absolute Gasteiger partial charge is 0.444 e. The highest BCUT2D eigenvalue weighted by atomic mass is 16.6. The molecule has 1 aliphatic rings. The van der Waals surface area contributed by atoms with Gasteiger partial charge in [-0.1, -0.05) is 37.3 Å². The van der Waals surface area contributed by atoms with Gasteiger partial charge in [-0.2, -0.15) is 0 Å². The Morgan fingerprint density at radius 2 is 1.95 bits per heavy atom. The molecular formula is C17H25NO3. The van der Waals surface area contributed by atoms with E-state index in [9.17, 15) is 4.79 Å². The summed E-state index contributed by atoms with van der Waals surface area (Å²) in [6.07, 6.45) is 0.566. The number of rotatable bonds is 5. The minimum atomic E-state index is -0.478. The number of hydrogen-bond donors (Lipinski definition) is 1. The second kappa shape index (κ2) is 6.06. The molecule has 4 heteroatoms. The molecule has 0 radical (unpaired) electrons. The third-order valence-corrected chi connectivity index (χ3v) is 3.67. The van der Waals surface area contributed by atoms with E-state index in [0.717, 1.165) is 12.0 Å². The molecule has 21 heavy (non-hydrogen) atoms. The van der Waals surface area contributed by atoms with Gasteiger partial charge in [0, 0.05) is 0 Å². The average molecular weight is 291 g/mol. The van der Waals surface area contributed by atoms with Crippen LogP contribution in [0.4, 0.5) is 4.79 Å². The van der Waals surface area contributed by atoms with Gasteiger partial charge in [0.2, 0.25) is 0 Å². The molecule has 116 valence electrons. The quantitative estimate of drug-likeness (QED) is 0.903. The molecule has 0 aliphatic heterocycles. The Bertz CT molecular complexity index is 481. The zero-order valence-electron chi connectivity index (χ0n) is 13.3. The van der Waals surface area contributed by atoms with Crippen molar-refractivity contribution in [2.45, 2.75) is 51.9 Å². The second-order valence-corrected chi connectivity index (χ2v) is 6.87. The Labute approximate surface area is 126 Å². The van der Waals surface area contributed by atoms with E-state index in [2.05, 4.69) is 12.2 Å². The molecule has 0 spiro atoms. The molecule has 2 atom stereocenters. The van der Waals surface area contributed by atoms with Crippen molar-refractivity contribution >= 4 is 6.09 Å². The maximum atomic E-state index is 11.9. The number of carbonyl (C=O) groups excluding carboxylic acids is 1. The molecule has 2 rings (SSSR count). The Balaban J connectivity index is 1.81. The summed E-state index contributed by atoms with van der Waals surface area (Å²) in [6.45, 7) is 8.78. The number of nitrogens with one attached hydrogen (secondary N) is 1. The zero-order valence-corrected chi connectivity index (χ0v) is 13.3. The third kappa shape index (κ3) is 4.74. The molecule has 0 aromatic heterocycles. The molecule has 1 fully saturated rings. The minimum absolute atomic E-state index is 0.267. The average Bonchev–Trinajstić information content (AvgIpc) is 2.97. The summed E-state index contributed by atoms with van der Waals surface area (Å²) in [5, 5.41) is 2.97. The van der Waals surface area contributed by atoms with Gasteiger partial charge < -0.3 is 14.8 Å². The van der Waals surface area contributed by atoms with Crippen LogP contribution in [0, 0.1) is 5.92 Å². The van der Waals surface area contributed by atoms with Crippen LogP contribution < -0.4 is 5.32 Å². The molecule has 1 aromatic carbocycles. The molecule has 1 N–H and O–H groups in total. The minimum Gasteiger partial charge on any atom is -0.444 e. The molecular weight excluding hydrogens is 266 g/mol. The van der Waals surface area contributed by atoms with Crippen molar-refractivity contribution < 1.29 is 14.3 Å². The van der Waals surface area contributed by atoms with Gasteiger partial charge >= 0.3 is 6.09 Å². The van der Waals surface area contributed by atoms with Crippen LogP contribution in [0.25, 0.3) is 0 Å². The number of benzene rings is 1. The molecule has 0 unspecified atom stereocenters. The molecule has 0 bridgehead atoms. The number of hydrogen-bond acceptors (Lipinski definition) is 3. The number of alkyl carbamates (subject to hydrolysis) is 1. The number of amides is 1. The third-order valence-electron chi connectivity index (χ3n) is 3.67. The van der Waals surface area contributed by atoms with Crippen LogP contribution in [0.1, 0.15) is 39.7 Å². The highest BCUT2D eigenvalue weighted by molar-refractivity contribution is 5.69. The topological polar surface area (TPSA) is 47.6 Å². The lowest BCUT2D eigenvalue weighted by Crippen LogP contribution is -2.44. The fourth-order valence-corrected chi connectivity index (χ4v) is 2.33. The maximum absolute atomic E-state index is 11.9. The van der Waals surface area contributed by atoms with Crippen LogP contribution >= 0.6 is 0 Å². The lowest BCUT2D eigenvalue weighted by atomic mass is 10.2. The Kier molecular flexibility index (Phi) is 4.57. The first-order valence-corrected chi connectivity index (χ1v) is 7.44. The van der Waals surface area contributed by atoms with Crippen LogP contribution in [0.2, 0.25) is 0 Å². The van der Waals surface area contributed by atoms with Gasteiger partial charge in [-0.25, -0.2) is 4.79 Å². The normalized spacial score (nSPS) is 24.5. The summed E-state index contributed by atoms with van der Waals surface area (Å²) in [7, 11) is 0. The molecule has 0 heterocycles. The van der Waals surface area contributed by atoms with Gasteiger partial charge in [0.25, 0.3) is 0 Å². The first-order chi connectivity index (χ1) is 9.81. The molecule has 1 saturated carbocycles. The summed E-state index contributed by atoms with van der Waals surface area (Å²) < 4.78 is 11.1. The fraction of sp³-hybridized carbons (Fsp3) is 0.588. The molecule has 0 saturated heterocycles.